The lowest BCUT2D eigenvalue weighted by Gasteiger charge is -2.10. The van der Waals surface area contributed by atoms with Crippen LogP contribution in [-0.4, -0.2) is 5.11 Å². The van der Waals surface area contributed by atoms with Gasteiger partial charge in [0.25, 0.3) is 0 Å². The molecule has 0 saturated heterocycles. The molecule has 1 atom stereocenters. The summed E-state index contributed by atoms with van der Waals surface area (Å²) in [4.78, 5) is 0. The van der Waals surface area contributed by atoms with Gasteiger partial charge in [0.05, 0.1) is 0 Å². The smallest absolute Gasteiger partial charge is 0.107 e. The molecule has 3 heteroatoms. The van der Waals surface area contributed by atoms with Crippen molar-refractivity contribution in [2.75, 3.05) is 0 Å². The number of aryl methyl sites for hydroxylation is 2. The van der Waals surface area contributed by atoms with Crippen LogP contribution in [0.1, 0.15) is 28.8 Å². The zero-order valence-corrected chi connectivity index (χ0v) is 9.95. The molecule has 1 N–H and O–H groups in total. The first-order valence-electron chi connectivity index (χ1n) is 5.08. The van der Waals surface area contributed by atoms with Crippen LogP contribution < -0.4 is 0 Å². The molecule has 16 heavy (non-hydrogen) atoms. The Bertz CT molecular complexity index is 502. The van der Waals surface area contributed by atoms with Crippen molar-refractivity contribution in [3.8, 4) is 0 Å². The van der Waals surface area contributed by atoms with Crippen molar-refractivity contribution in [3.63, 3.8) is 0 Å². The molecule has 2 nitrogen and oxygen atoms in total. The van der Waals surface area contributed by atoms with Gasteiger partial charge >= 0.3 is 0 Å². The highest BCUT2D eigenvalue weighted by molar-refractivity contribution is 6.30. The molecule has 1 heterocycles. The Morgan fingerprint density at radius 3 is 2.56 bits per heavy atom. The minimum absolute atomic E-state index is 0.620. The van der Waals surface area contributed by atoms with Gasteiger partial charge in [-0.25, -0.2) is 0 Å². The van der Waals surface area contributed by atoms with E-state index in [0.29, 0.717) is 5.02 Å². The lowest BCUT2D eigenvalue weighted by Crippen LogP contribution is -1.99. The molecule has 1 aromatic carbocycles. The van der Waals surface area contributed by atoms with Crippen molar-refractivity contribution in [3.05, 3.63) is 58.0 Å². The van der Waals surface area contributed by atoms with Crippen LogP contribution in [0.4, 0.5) is 0 Å². The molecule has 0 radical (unpaired) electrons. The van der Waals surface area contributed by atoms with Gasteiger partial charge in [-0.15, -0.1) is 0 Å². The van der Waals surface area contributed by atoms with Gasteiger partial charge in [-0.3, -0.25) is 0 Å². The summed E-state index contributed by atoms with van der Waals surface area (Å²) in [7, 11) is 0. The summed E-state index contributed by atoms with van der Waals surface area (Å²) >= 11 is 5.89. The van der Waals surface area contributed by atoms with Crippen LogP contribution in [0.3, 0.4) is 0 Å². The molecule has 0 aliphatic carbocycles. The fraction of sp³-hybridized carbons (Fsp3) is 0.231. The van der Waals surface area contributed by atoms with E-state index in [4.69, 9.17) is 16.0 Å². The number of hydrogen-bond acceptors (Lipinski definition) is 2. The second-order valence-corrected chi connectivity index (χ2v) is 4.26. The molecule has 84 valence electrons. The molecule has 1 aromatic heterocycles. The minimum Gasteiger partial charge on any atom is -0.466 e. The topological polar surface area (TPSA) is 33.4 Å². The molecule has 0 fully saturated rings. The molecule has 2 rings (SSSR count). The number of aliphatic hydroxyl groups excluding tert-OH is 1. The molecular formula is C13H13ClO2. The Morgan fingerprint density at radius 1 is 1.25 bits per heavy atom. The summed E-state index contributed by atoms with van der Waals surface area (Å²) in [6, 6.07) is 9.06. The average Bonchev–Trinajstić information content (AvgIpc) is 2.57. The monoisotopic (exact) mass is 236 g/mol. The van der Waals surface area contributed by atoms with Crippen molar-refractivity contribution in [2.24, 2.45) is 0 Å². The predicted octanol–water partition coefficient (Wildman–Crippen LogP) is 3.63. The van der Waals surface area contributed by atoms with Crippen LogP contribution in [0.25, 0.3) is 0 Å². The lowest BCUT2D eigenvalue weighted by atomic mass is 10.0. The largest absolute Gasteiger partial charge is 0.466 e. The Balaban J connectivity index is 2.38. The summed E-state index contributed by atoms with van der Waals surface area (Å²) in [5.41, 5.74) is 1.57. The van der Waals surface area contributed by atoms with Crippen LogP contribution >= 0.6 is 11.6 Å². The van der Waals surface area contributed by atoms with Gasteiger partial charge in [-0.2, -0.15) is 0 Å². The Morgan fingerprint density at radius 2 is 2.00 bits per heavy atom. The quantitative estimate of drug-likeness (QED) is 0.864. The zero-order valence-electron chi connectivity index (χ0n) is 9.20. The van der Waals surface area contributed by atoms with Gasteiger partial charge in [0.15, 0.2) is 0 Å². The van der Waals surface area contributed by atoms with Gasteiger partial charge < -0.3 is 9.52 Å². The fourth-order valence-electron chi connectivity index (χ4n) is 1.78. The molecule has 0 spiro atoms. The summed E-state index contributed by atoms with van der Waals surface area (Å²) in [5.74, 6) is 1.54. The van der Waals surface area contributed by atoms with Crippen molar-refractivity contribution in [2.45, 2.75) is 20.0 Å². The van der Waals surface area contributed by atoms with E-state index < -0.39 is 6.10 Å². The van der Waals surface area contributed by atoms with Crippen LogP contribution in [-0.2, 0) is 0 Å². The third-order valence-electron chi connectivity index (χ3n) is 2.54. The number of rotatable bonds is 2. The maximum atomic E-state index is 10.2. The normalized spacial score (nSPS) is 12.8. The van der Waals surface area contributed by atoms with Crippen molar-refractivity contribution in [1.82, 2.24) is 0 Å². The Kier molecular flexibility index (Phi) is 3.03. The molecular weight excluding hydrogens is 224 g/mol. The third kappa shape index (κ3) is 2.13. The van der Waals surface area contributed by atoms with E-state index in [1.165, 1.54) is 0 Å². The molecule has 0 bridgehead atoms. The van der Waals surface area contributed by atoms with E-state index in [9.17, 15) is 5.11 Å². The number of furan rings is 1. The second-order valence-electron chi connectivity index (χ2n) is 3.83. The maximum absolute atomic E-state index is 10.2. The zero-order chi connectivity index (χ0) is 11.7. The average molecular weight is 237 g/mol. The van der Waals surface area contributed by atoms with Crippen LogP contribution in [0.15, 0.2) is 34.7 Å². The Labute approximate surface area is 99.5 Å². The number of benzene rings is 1. The number of hydrogen-bond donors (Lipinski definition) is 1. The van der Waals surface area contributed by atoms with Crippen molar-refractivity contribution in [1.29, 1.82) is 0 Å². The highest BCUT2D eigenvalue weighted by atomic mass is 35.5. The van der Waals surface area contributed by atoms with Gasteiger partial charge in [0, 0.05) is 10.6 Å². The molecule has 2 aromatic rings. The summed E-state index contributed by atoms with van der Waals surface area (Å²) < 4.78 is 5.39. The van der Waals surface area contributed by atoms with E-state index in [1.54, 1.807) is 12.1 Å². The van der Waals surface area contributed by atoms with Crippen LogP contribution in [0.5, 0.6) is 0 Å². The van der Waals surface area contributed by atoms with E-state index in [0.717, 1.165) is 22.6 Å². The van der Waals surface area contributed by atoms with Gasteiger partial charge in [-0.05, 0) is 37.6 Å². The first kappa shape index (κ1) is 11.2. The van der Waals surface area contributed by atoms with E-state index in [-0.39, 0.29) is 0 Å². The van der Waals surface area contributed by atoms with Gasteiger partial charge in [0.2, 0.25) is 0 Å². The summed E-state index contributed by atoms with van der Waals surface area (Å²) in [6.45, 7) is 3.71. The highest BCUT2D eigenvalue weighted by Gasteiger charge is 2.16. The van der Waals surface area contributed by atoms with E-state index in [1.807, 2.05) is 32.0 Å². The third-order valence-corrected chi connectivity index (χ3v) is 2.77. The molecule has 1 unspecified atom stereocenters. The first-order valence-corrected chi connectivity index (χ1v) is 5.46. The van der Waals surface area contributed by atoms with Crippen LogP contribution in [0, 0.1) is 13.8 Å². The Hall–Kier alpha value is -1.25. The van der Waals surface area contributed by atoms with Gasteiger partial charge in [0.1, 0.15) is 17.6 Å². The predicted molar refractivity (Wildman–Crippen MR) is 63.7 cm³/mol. The van der Waals surface area contributed by atoms with E-state index >= 15 is 0 Å². The van der Waals surface area contributed by atoms with Crippen molar-refractivity contribution >= 4 is 11.6 Å². The minimum atomic E-state index is -0.684. The summed E-state index contributed by atoms with van der Waals surface area (Å²) in [6.07, 6.45) is -0.684. The lowest BCUT2D eigenvalue weighted by molar-refractivity contribution is 0.218. The fourth-order valence-corrected chi connectivity index (χ4v) is 1.98. The second kappa shape index (κ2) is 4.32. The SMILES string of the molecule is Cc1cc(C(O)c2cccc(Cl)c2)c(C)o1. The molecule has 0 aliphatic heterocycles. The van der Waals surface area contributed by atoms with Gasteiger partial charge in [-0.1, -0.05) is 23.7 Å². The maximum Gasteiger partial charge on any atom is 0.107 e. The standard InChI is InChI=1S/C13H13ClO2/c1-8-6-12(9(2)16-8)13(15)10-4-3-5-11(14)7-10/h3-7,13,15H,1-2H3. The molecule has 0 saturated carbocycles. The van der Waals surface area contributed by atoms with Crippen LogP contribution in [0.2, 0.25) is 5.02 Å². The highest BCUT2D eigenvalue weighted by Crippen LogP contribution is 2.28. The first-order chi connectivity index (χ1) is 7.58. The molecule has 0 aliphatic rings. The molecule has 0 amide bonds. The number of aliphatic hydroxyl groups is 1. The summed E-state index contributed by atoms with van der Waals surface area (Å²) in [5, 5.41) is 10.8. The van der Waals surface area contributed by atoms with Crippen molar-refractivity contribution < 1.29 is 9.52 Å². The van der Waals surface area contributed by atoms with E-state index in [2.05, 4.69) is 0 Å². The number of halogens is 1.